The average molecular weight is 489 g/mol. The summed E-state index contributed by atoms with van der Waals surface area (Å²) in [6.07, 6.45) is 1.85. The summed E-state index contributed by atoms with van der Waals surface area (Å²) in [6.45, 7) is 6.52. The van der Waals surface area contributed by atoms with E-state index in [4.69, 9.17) is 17.2 Å². The van der Waals surface area contributed by atoms with Crippen molar-refractivity contribution in [3.05, 3.63) is 125 Å². The van der Waals surface area contributed by atoms with Crippen molar-refractivity contribution in [3.8, 4) is 5.69 Å². The Balaban J connectivity index is 1.56. The highest BCUT2D eigenvalue weighted by Gasteiger charge is 2.42. The molecule has 1 aliphatic rings. The number of hydrogen-bond acceptors (Lipinski definition) is 2. The van der Waals surface area contributed by atoms with E-state index in [-0.39, 0.29) is 12.1 Å². The molecule has 2 aromatic heterocycles. The van der Waals surface area contributed by atoms with E-state index in [1.54, 1.807) is 0 Å². The fraction of sp³-hybridized carbons (Fsp3) is 0.161. The van der Waals surface area contributed by atoms with Gasteiger partial charge in [-0.25, -0.2) is 0 Å². The number of benzene rings is 3. The summed E-state index contributed by atoms with van der Waals surface area (Å²) in [7, 11) is 0. The molecule has 1 saturated heterocycles. The lowest BCUT2D eigenvalue weighted by Gasteiger charge is -2.28. The van der Waals surface area contributed by atoms with E-state index in [2.05, 4.69) is 114 Å². The van der Waals surface area contributed by atoms with Gasteiger partial charge in [-0.05, 0) is 85.9 Å². The zero-order valence-corrected chi connectivity index (χ0v) is 21.5. The summed E-state index contributed by atoms with van der Waals surface area (Å²) in [5.74, 6) is 0. The molecule has 36 heavy (non-hydrogen) atoms. The Hall–Kier alpha value is -3.96. The zero-order chi connectivity index (χ0) is 24.8. The number of rotatable bonds is 4. The van der Waals surface area contributed by atoms with Crippen LogP contribution < -0.4 is 10.2 Å². The normalized spacial score (nSPS) is 17.5. The number of pyridine rings is 1. The van der Waals surface area contributed by atoms with Crippen LogP contribution in [0, 0.1) is 20.8 Å². The number of thiocarbonyl (C=S) groups is 1. The van der Waals surface area contributed by atoms with Gasteiger partial charge in [-0.15, -0.1) is 0 Å². The van der Waals surface area contributed by atoms with Crippen LogP contribution in [-0.2, 0) is 0 Å². The van der Waals surface area contributed by atoms with Crippen molar-refractivity contribution < 1.29 is 0 Å². The summed E-state index contributed by atoms with van der Waals surface area (Å²) < 4.78 is 2.38. The predicted molar refractivity (Wildman–Crippen MR) is 152 cm³/mol. The molecule has 0 bridgehead atoms. The van der Waals surface area contributed by atoms with Crippen molar-refractivity contribution in [2.75, 3.05) is 4.90 Å². The van der Waals surface area contributed by atoms with Crippen LogP contribution >= 0.6 is 12.2 Å². The smallest absolute Gasteiger partial charge is 0.174 e. The Labute approximate surface area is 217 Å². The minimum absolute atomic E-state index is 0.0378. The second-order valence-corrected chi connectivity index (χ2v) is 9.88. The number of anilines is 1. The topological polar surface area (TPSA) is 33.1 Å². The van der Waals surface area contributed by atoms with Crippen molar-refractivity contribution in [2.24, 2.45) is 0 Å². The van der Waals surface area contributed by atoms with E-state index < -0.39 is 0 Å². The maximum atomic E-state index is 5.94. The van der Waals surface area contributed by atoms with Crippen molar-refractivity contribution in [1.29, 1.82) is 0 Å². The summed E-state index contributed by atoms with van der Waals surface area (Å²) in [4.78, 5) is 6.98. The van der Waals surface area contributed by atoms with E-state index in [9.17, 15) is 0 Å². The van der Waals surface area contributed by atoms with Gasteiger partial charge in [-0.1, -0.05) is 54.6 Å². The van der Waals surface area contributed by atoms with Crippen molar-refractivity contribution >= 4 is 33.8 Å². The van der Waals surface area contributed by atoms with Crippen LogP contribution in [0.3, 0.4) is 0 Å². The maximum Gasteiger partial charge on any atom is 0.174 e. The van der Waals surface area contributed by atoms with Crippen LogP contribution in [0.15, 0.2) is 97.2 Å². The van der Waals surface area contributed by atoms with Gasteiger partial charge in [-0.2, -0.15) is 0 Å². The van der Waals surface area contributed by atoms with E-state index in [0.29, 0.717) is 0 Å². The van der Waals surface area contributed by atoms with E-state index in [1.807, 2.05) is 18.3 Å². The first-order valence-electron chi connectivity index (χ1n) is 12.3. The van der Waals surface area contributed by atoms with Crippen molar-refractivity contribution in [3.63, 3.8) is 0 Å². The molecule has 0 spiro atoms. The molecule has 0 saturated carbocycles. The van der Waals surface area contributed by atoms with Gasteiger partial charge in [0.1, 0.15) is 0 Å². The van der Waals surface area contributed by atoms with Crippen LogP contribution in [0.2, 0.25) is 0 Å². The summed E-state index contributed by atoms with van der Waals surface area (Å²) >= 11 is 5.94. The van der Waals surface area contributed by atoms with Crippen LogP contribution in [-0.4, -0.2) is 14.7 Å². The number of fused-ring (bicyclic) bond motifs is 1. The highest BCUT2D eigenvalue weighted by atomic mass is 32.1. The van der Waals surface area contributed by atoms with E-state index in [0.717, 1.165) is 16.5 Å². The lowest BCUT2D eigenvalue weighted by Crippen LogP contribution is -2.29. The highest BCUT2D eigenvalue weighted by Crippen LogP contribution is 2.44. The number of aryl methyl sites for hydroxylation is 2. The van der Waals surface area contributed by atoms with Gasteiger partial charge >= 0.3 is 0 Å². The highest BCUT2D eigenvalue weighted by molar-refractivity contribution is 7.80. The zero-order valence-electron chi connectivity index (χ0n) is 20.6. The predicted octanol–water partition coefficient (Wildman–Crippen LogP) is 7.13. The molecule has 178 valence electrons. The number of nitrogens with one attached hydrogen (secondary N) is 1. The monoisotopic (exact) mass is 488 g/mol. The maximum absolute atomic E-state index is 5.94. The lowest BCUT2D eigenvalue weighted by atomic mass is 9.96. The number of aromatic nitrogens is 2. The Morgan fingerprint density at radius 2 is 1.61 bits per heavy atom. The average Bonchev–Trinajstić information content (AvgIpc) is 3.39. The summed E-state index contributed by atoms with van der Waals surface area (Å²) in [5, 5.41) is 6.79. The third kappa shape index (κ3) is 3.67. The second kappa shape index (κ2) is 8.92. The first-order valence-corrected chi connectivity index (χ1v) is 12.7. The molecule has 1 fully saturated rings. The van der Waals surface area contributed by atoms with Crippen molar-refractivity contribution in [2.45, 2.75) is 32.9 Å². The van der Waals surface area contributed by atoms with Gasteiger partial charge < -0.3 is 14.8 Å². The molecule has 0 amide bonds. The van der Waals surface area contributed by atoms with Gasteiger partial charge in [0, 0.05) is 28.7 Å². The SMILES string of the molecule is Cc1cccc(N2C(=S)N[C@H](c3ccccn3)[C@@H]2c2cc(C)n(-c3cccc4ccccc34)c2C)c1. The van der Waals surface area contributed by atoms with Gasteiger partial charge in [0.2, 0.25) is 0 Å². The van der Waals surface area contributed by atoms with Gasteiger partial charge in [0.05, 0.1) is 23.5 Å². The molecule has 1 aliphatic heterocycles. The fourth-order valence-electron chi connectivity index (χ4n) is 5.59. The van der Waals surface area contributed by atoms with Crippen LogP contribution in [0.25, 0.3) is 16.5 Å². The number of nitrogens with zero attached hydrogens (tertiary/aromatic N) is 3. The van der Waals surface area contributed by atoms with Crippen LogP contribution in [0.5, 0.6) is 0 Å². The summed E-state index contributed by atoms with van der Waals surface area (Å²) in [5.41, 5.74) is 8.11. The molecular weight excluding hydrogens is 460 g/mol. The number of hydrogen-bond donors (Lipinski definition) is 1. The molecule has 5 aromatic rings. The molecule has 1 N–H and O–H groups in total. The van der Waals surface area contributed by atoms with Crippen molar-refractivity contribution in [1.82, 2.24) is 14.9 Å². The molecule has 4 nitrogen and oxygen atoms in total. The molecule has 6 rings (SSSR count). The minimum Gasteiger partial charge on any atom is -0.351 e. The van der Waals surface area contributed by atoms with Crippen LogP contribution in [0.1, 0.15) is 40.3 Å². The summed E-state index contributed by atoms with van der Waals surface area (Å²) in [6, 6.07) is 31.9. The Morgan fingerprint density at radius 3 is 2.42 bits per heavy atom. The second-order valence-electron chi connectivity index (χ2n) is 9.50. The van der Waals surface area contributed by atoms with Gasteiger partial charge in [-0.3, -0.25) is 4.98 Å². The molecule has 2 atom stereocenters. The Morgan fingerprint density at radius 1 is 0.833 bits per heavy atom. The Bertz CT molecular complexity index is 1580. The molecular formula is C31H28N4S. The first kappa shape index (κ1) is 22.5. The first-order chi connectivity index (χ1) is 17.5. The van der Waals surface area contributed by atoms with Gasteiger partial charge in [0.15, 0.2) is 5.11 Å². The quantitative estimate of drug-likeness (QED) is 0.273. The molecule has 3 heterocycles. The molecule has 0 radical (unpaired) electrons. The third-order valence-corrected chi connectivity index (χ3v) is 7.49. The molecule has 5 heteroatoms. The van der Waals surface area contributed by atoms with E-state index >= 15 is 0 Å². The van der Waals surface area contributed by atoms with E-state index in [1.165, 1.54) is 39.0 Å². The van der Waals surface area contributed by atoms with Crippen LogP contribution in [0.4, 0.5) is 5.69 Å². The molecule has 3 aromatic carbocycles. The Kier molecular flexibility index (Phi) is 5.57. The van der Waals surface area contributed by atoms with Gasteiger partial charge in [0.25, 0.3) is 0 Å². The lowest BCUT2D eigenvalue weighted by molar-refractivity contribution is 0.565. The molecule has 0 aliphatic carbocycles. The fourth-order valence-corrected chi connectivity index (χ4v) is 5.93. The largest absolute Gasteiger partial charge is 0.351 e. The third-order valence-electron chi connectivity index (χ3n) is 7.17. The molecule has 0 unspecified atom stereocenters. The standard InChI is InChI=1S/C31H28N4S/c1-20-10-8-13-24(18-20)35-30(29(33-31(35)36)27-15-6-7-17-32-27)26-19-21(2)34(22(26)3)28-16-9-12-23-11-4-5-14-25(23)28/h4-19,29-30H,1-3H3,(H,33,36)/t29-,30+/m1/s1. The minimum atomic E-state index is -0.0688.